The molecule has 0 unspecified atom stereocenters. The third-order valence-corrected chi connectivity index (χ3v) is 4.44. The maximum Gasteiger partial charge on any atom is 0.272 e. The number of para-hydroxylation sites is 1. The van der Waals surface area contributed by atoms with Crippen LogP contribution in [0.3, 0.4) is 0 Å². The number of hydrogen-bond acceptors (Lipinski definition) is 4. The number of carbonyl (C=O) groups excluding carboxylic acids is 1. The van der Waals surface area contributed by atoms with E-state index in [0.717, 1.165) is 30.7 Å². The van der Waals surface area contributed by atoms with E-state index >= 15 is 0 Å². The molecule has 3 rings (SSSR count). The average Bonchev–Trinajstić information content (AvgIpc) is 3.10. The number of nitrogens with zero attached hydrogens (tertiary/aromatic N) is 2. The van der Waals surface area contributed by atoms with Gasteiger partial charge in [0, 0.05) is 31.5 Å². The van der Waals surface area contributed by atoms with Crippen LogP contribution in [0.25, 0.3) is 5.69 Å². The van der Waals surface area contributed by atoms with Gasteiger partial charge in [-0.3, -0.25) is 4.79 Å². The van der Waals surface area contributed by atoms with Crippen LogP contribution >= 0.6 is 0 Å². The SMILES string of the molecule is O=C(NC[C@@H]1CCCOC1)c1nn(-c2ccccc2)cc1CCCO. The molecule has 25 heavy (non-hydrogen) atoms. The van der Waals surface area contributed by atoms with Gasteiger partial charge in [0.05, 0.1) is 12.3 Å². The second-order valence-electron chi connectivity index (χ2n) is 6.40. The summed E-state index contributed by atoms with van der Waals surface area (Å²) in [7, 11) is 0. The minimum atomic E-state index is -0.159. The summed E-state index contributed by atoms with van der Waals surface area (Å²) in [5.41, 5.74) is 2.21. The predicted molar refractivity (Wildman–Crippen MR) is 94.8 cm³/mol. The molecule has 6 nitrogen and oxygen atoms in total. The number of aliphatic hydroxyl groups excluding tert-OH is 1. The van der Waals surface area contributed by atoms with Crippen molar-refractivity contribution in [3.8, 4) is 5.69 Å². The Bertz CT molecular complexity index is 678. The molecule has 1 aromatic carbocycles. The monoisotopic (exact) mass is 343 g/mol. The fourth-order valence-corrected chi connectivity index (χ4v) is 3.06. The van der Waals surface area contributed by atoms with Gasteiger partial charge in [0.2, 0.25) is 0 Å². The number of carbonyl (C=O) groups is 1. The molecule has 0 aliphatic carbocycles. The van der Waals surface area contributed by atoms with Crippen molar-refractivity contribution in [1.82, 2.24) is 15.1 Å². The first-order chi connectivity index (χ1) is 12.3. The van der Waals surface area contributed by atoms with E-state index in [2.05, 4.69) is 10.4 Å². The van der Waals surface area contributed by atoms with Gasteiger partial charge in [0.15, 0.2) is 5.69 Å². The molecule has 0 spiro atoms. The zero-order chi connectivity index (χ0) is 17.5. The van der Waals surface area contributed by atoms with E-state index in [0.29, 0.717) is 37.6 Å². The van der Waals surface area contributed by atoms with Gasteiger partial charge in [-0.1, -0.05) is 18.2 Å². The lowest BCUT2D eigenvalue weighted by Gasteiger charge is -2.22. The number of ether oxygens (including phenoxy) is 1. The molecular weight excluding hydrogens is 318 g/mol. The minimum absolute atomic E-state index is 0.0942. The smallest absolute Gasteiger partial charge is 0.272 e. The Labute approximate surface area is 147 Å². The molecule has 0 radical (unpaired) electrons. The molecule has 1 fully saturated rings. The van der Waals surface area contributed by atoms with Crippen LogP contribution in [0.4, 0.5) is 0 Å². The number of aliphatic hydroxyl groups is 1. The van der Waals surface area contributed by atoms with Crippen molar-refractivity contribution in [2.24, 2.45) is 5.92 Å². The standard InChI is InChI=1S/C19H25N3O3/c23-10-4-7-16-13-22(17-8-2-1-3-9-17)21-18(16)19(24)20-12-15-6-5-11-25-14-15/h1-3,8-9,13,15,23H,4-7,10-12,14H2,(H,20,24)/t15-/m0/s1. The van der Waals surface area contributed by atoms with Gasteiger partial charge in [-0.25, -0.2) is 4.68 Å². The molecule has 1 aromatic heterocycles. The highest BCUT2D eigenvalue weighted by molar-refractivity contribution is 5.93. The van der Waals surface area contributed by atoms with Crippen molar-refractivity contribution in [1.29, 1.82) is 0 Å². The van der Waals surface area contributed by atoms with Gasteiger partial charge in [-0.05, 0) is 43.7 Å². The van der Waals surface area contributed by atoms with Crippen molar-refractivity contribution < 1.29 is 14.6 Å². The number of rotatable bonds is 7. The second kappa shape index (κ2) is 8.78. The van der Waals surface area contributed by atoms with Crippen LogP contribution < -0.4 is 5.32 Å². The lowest BCUT2D eigenvalue weighted by atomic mass is 10.0. The summed E-state index contributed by atoms with van der Waals surface area (Å²) in [6.07, 6.45) is 5.24. The summed E-state index contributed by atoms with van der Waals surface area (Å²) in [5.74, 6) is 0.211. The second-order valence-corrected chi connectivity index (χ2v) is 6.40. The van der Waals surface area contributed by atoms with E-state index in [1.54, 1.807) is 4.68 Å². The molecule has 0 saturated carbocycles. The topological polar surface area (TPSA) is 76.4 Å². The summed E-state index contributed by atoms with van der Waals surface area (Å²) in [6, 6.07) is 9.72. The van der Waals surface area contributed by atoms with E-state index in [1.807, 2.05) is 36.5 Å². The number of aryl methyl sites for hydroxylation is 1. The Morgan fingerprint density at radius 1 is 1.36 bits per heavy atom. The number of hydrogen-bond donors (Lipinski definition) is 2. The molecule has 0 bridgehead atoms. The molecule has 134 valence electrons. The molecule has 6 heteroatoms. The van der Waals surface area contributed by atoms with Gasteiger partial charge < -0.3 is 15.2 Å². The summed E-state index contributed by atoms with van der Waals surface area (Å²) < 4.78 is 7.19. The molecule has 2 N–H and O–H groups in total. The third kappa shape index (κ3) is 4.67. The van der Waals surface area contributed by atoms with Gasteiger partial charge in [0.1, 0.15) is 0 Å². The zero-order valence-electron chi connectivity index (χ0n) is 14.4. The van der Waals surface area contributed by atoms with Crippen LogP contribution in [0.2, 0.25) is 0 Å². The van der Waals surface area contributed by atoms with Gasteiger partial charge in [0.25, 0.3) is 5.91 Å². The van der Waals surface area contributed by atoms with E-state index in [1.165, 1.54) is 0 Å². The van der Waals surface area contributed by atoms with E-state index in [4.69, 9.17) is 9.84 Å². The number of benzene rings is 1. The Morgan fingerprint density at radius 2 is 2.20 bits per heavy atom. The Balaban J connectivity index is 1.73. The quantitative estimate of drug-likeness (QED) is 0.806. The summed E-state index contributed by atoms with van der Waals surface area (Å²) in [4.78, 5) is 12.6. The molecule has 1 aliphatic heterocycles. The number of amides is 1. The normalized spacial score (nSPS) is 17.4. The van der Waals surface area contributed by atoms with Gasteiger partial charge in [-0.2, -0.15) is 5.10 Å². The highest BCUT2D eigenvalue weighted by atomic mass is 16.5. The molecular formula is C19H25N3O3. The van der Waals surface area contributed by atoms with Crippen molar-refractivity contribution in [3.05, 3.63) is 47.8 Å². The van der Waals surface area contributed by atoms with E-state index < -0.39 is 0 Å². The van der Waals surface area contributed by atoms with Crippen LogP contribution in [0.15, 0.2) is 36.5 Å². The summed E-state index contributed by atoms with van der Waals surface area (Å²) in [6.45, 7) is 2.22. The number of aromatic nitrogens is 2. The first-order valence-corrected chi connectivity index (χ1v) is 8.88. The zero-order valence-corrected chi connectivity index (χ0v) is 14.4. The Kier molecular flexibility index (Phi) is 6.19. The van der Waals surface area contributed by atoms with Crippen molar-refractivity contribution in [2.45, 2.75) is 25.7 Å². The van der Waals surface area contributed by atoms with Crippen LogP contribution in [0.5, 0.6) is 0 Å². The Morgan fingerprint density at radius 3 is 2.92 bits per heavy atom. The van der Waals surface area contributed by atoms with Gasteiger partial charge in [-0.15, -0.1) is 0 Å². The molecule has 1 saturated heterocycles. The van der Waals surface area contributed by atoms with Crippen LogP contribution in [0.1, 0.15) is 35.3 Å². The largest absolute Gasteiger partial charge is 0.396 e. The van der Waals surface area contributed by atoms with E-state index in [-0.39, 0.29) is 12.5 Å². The third-order valence-electron chi connectivity index (χ3n) is 4.44. The predicted octanol–water partition coefficient (Wildman–Crippen LogP) is 1.95. The maximum atomic E-state index is 12.6. The van der Waals surface area contributed by atoms with Gasteiger partial charge >= 0.3 is 0 Å². The lowest BCUT2D eigenvalue weighted by Crippen LogP contribution is -2.33. The molecule has 1 aliphatic rings. The molecule has 1 atom stereocenters. The summed E-state index contributed by atoms with van der Waals surface area (Å²) in [5, 5.41) is 16.6. The van der Waals surface area contributed by atoms with E-state index in [9.17, 15) is 4.79 Å². The lowest BCUT2D eigenvalue weighted by molar-refractivity contribution is 0.0535. The van der Waals surface area contributed by atoms with Crippen LogP contribution in [-0.4, -0.2) is 47.2 Å². The van der Waals surface area contributed by atoms with Crippen LogP contribution in [-0.2, 0) is 11.2 Å². The highest BCUT2D eigenvalue weighted by Crippen LogP contribution is 2.16. The maximum absolute atomic E-state index is 12.6. The molecule has 2 heterocycles. The van der Waals surface area contributed by atoms with Crippen LogP contribution in [0, 0.1) is 5.92 Å². The molecule has 1 amide bonds. The fraction of sp³-hybridized carbons (Fsp3) is 0.474. The first kappa shape index (κ1) is 17.6. The Hall–Kier alpha value is -2.18. The van der Waals surface area contributed by atoms with Crippen molar-refractivity contribution >= 4 is 5.91 Å². The first-order valence-electron chi connectivity index (χ1n) is 8.88. The average molecular weight is 343 g/mol. The fourth-order valence-electron chi connectivity index (χ4n) is 3.06. The number of nitrogens with one attached hydrogen (secondary N) is 1. The molecule has 2 aromatic rings. The highest BCUT2D eigenvalue weighted by Gasteiger charge is 2.20. The van der Waals surface area contributed by atoms with Crippen molar-refractivity contribution in [3.63, 3.8) is 0 Å². The van der Waals surface area contributed by atoms with Crippen molar-refractivity contribution in [2.75, 3.05) is 26.4 Å². The minimum Gasteiger partial charge on any atom is -0.396 e. The summed E-state index contributed by atoms with van der Waals surface area (Å²) >= 11 is 0.